The van der Waals surface area contributed by atoms with E-state index in [9.17, 15) is 25.9 Å². The minimum atomic E-state index is -4.37. The number of nitrogens with zero attached hydrogens (tertiary/aromatic N) is 1. The molecule has 0 aromatic heterocycles. The number of rotatable bonds is 10. The molecule has 2 unspecified atom stereocenters. The zero-order valence-corrected chi connectivity index (χ0v) is 27.4. The third kappa shape index (κ3) is 8.29. The van der Waals surface area contributed by atoms with Crippen molar-refractivity contribution in [1.82, 2.24) is 0 Å². The number of anilines is 1. The van der Waals surface area contributed by atoms with Crippen molar-refractivity contribution < 1.29 is 65.1 Å². The number of fused-ring (bicyclic) bond motifs is 2. The molecular formula is C27H26ClN2NaO7S3. The summed E-state index contributed by atoms with van der Waals surface area (Å²) in [5, 5.41) is 1.29. The fourth-order valence-corrected chi connectivity index (χ4v) is 7.14. The Kier molecular flexibility index (Phi) is 10.5. The molecule has 41 heavy (non-hydrogen) atoms. The predicted molar refractivity (Wildman–Crippen MR) is 153 cm³/mol. The molecule has 0 aliphatic carbocycles. The Bertz CT molecular complexity index is 1650. The van der Waals surface area contributed by atoms with E-state index in [2.05, 4.69) is 0 Å². The smallest absolute Gasteiger partial charge is 0.748 e. The molecule has 2 atom stereocenters. The number of quaternary nitrogens is 1. The molecule has 0 fully saturated rings. The first kappa shape index (κ1) is 32.3. The van der Waals surface area contributed by atoms with Crippen molar-refractivity contribution in [1.29, 1.82) is 0 Å². The Morgan fingerprint density at radius 3 is 2.34 bits per heavy atom. The van der Waals surface area contributed by atoms with E-state index in [0.29, 0.717) is 17.3 Å². The molecule has 0 saturated carbocycles. The molecule has 2 aliphatic heterocycles. The van der Waals surface area contributed by atoms with Gasteiger partial charge in [0.1, 0.15) is 0 Å². The van der Waals surface area contributed by atoms with Crippen molar-refractivity contribution in [3.8, 4) is 16.9 Å². The molecule has 0 amide bonds. The molecule has 212 valence electrons. The zero-order valence-electron chi connectivity index (χ0n) is 22.2. The van der Waals surface area contributed by atoms with E-state index in [1.807, 2.05) is 65.6 Å². The van der Waals surface area contributed by atoms with E-state index in [1.54, 1.807) is 12.1 Å². The summed E-state index contributed by atoms with van der Waals surface area (Å²) in [6.45, 7) is 0.605. The van der Waals surface area contributed by atoms with Crippen LogP contribution < -0.4 is 44.1 Å². The largest absolute Gasteiger partial charge is 1.00 e. The fourth-order valence-electron chi connectivity index (χ4n) is 4.86. The van der Waals surface area contributed by atoms with E-state index in [4.69, 9.17) is 16.3 Å². The zero-order chi connectivity index (χ0) is 28.5. The monoisotopic (exact) mass is 644 g/mol. The van der Waals surface area contributed by atoms with Crippen LogP contribution >= 0.6 is 23.4 Å². The molecule has 5 rings (SSSR count). The van der Waals surface area contributed by atoms with Crippen LogP contribution in [0.2, 0.25) is 5.02 Å². The maximum absolute atomic E-state index is 11.3. The van der Waals surface area contributed by atoms with Gasteiger partial charge in [-0.3, -0.25) is 4.90 Å². The van der Waals surface area contributed by atoms with Crippen LogP contribution in [-0.4, -0.2) is 56.8 Å². The van der Waals surface area contributed by atoms with Crippen molar-refractivity contribution >= 4 is 55.0 Å². The first-order chi connectivity index (χ1) is 19.0. The topological polar surface area (TPSA) is 131 Å². The molecule has 0 spiro atoms. The van der Waals surface area contributed by atoms with Crippen molar-refractivity contribution in [2.24, 2.45) is 0 Å². The van der Waals surface area contributed by atoms with Gasteiger partial charge in [0.2, 0.25) is 0 Å². The van der Waals surface area contributed by atoms with Crippen LogP contribution in [0.4, 0.5) is 11.4 Å². The van der Waals surface area contributed by atoms with Gasteiger partial charge in [0, 0.05) is 46.5 Å². The van der Waals surface area contributed by atoms with Crippen molar-refractivity contribution in [3.05, 3.63) is 82.9 Å². The Hall–Kier alpha value is -1.58. The number of halogens is 1. The number of thioether (sulfide) groups is 1. The summed E-state index contributed by atoms with van der Waals surface area (Å²) in [6, 6.07) is 21.1. The molecule has 2 aliphatic rings. The summed E-state index contributed by atoms with van der Waals surface area (Å²) in [4.78, 5) is 3.68. The van der Waals surface area contributed by atoms with E-state index >= 15 is 0 Å². The van der Waals surface area contributed by atoms with Gasteiger partial charge in [-0.15, -0.1) is 0 Å². The molecule has 3 aromatic carbocycles. The normalized spacial score (nSPS) is 19.0. The number of ether oxygens (including phenoxy) is 1. The van der Waals surface area contributed by atoms with Crippen LogP contribution in [0.25, 0.3) is 11.1 Å². The van der Waals surface area contributed by atoms with Crippen LogP contribution in [0, 0.1) is 0 Å². The molecule has 14 heteroatoms. The molecule has 1 N–H and O–H groups in total. The Balaban J connectivity index is 0.00000387. The van der Waals surface area contributed by atoms with Gasteiger partial charge < -0.3 is 18.7 Å². The van der Waals surface area contributed by atoms with Crippen molar-refractivity contribution in [3.63, 3.8) is 0 Å². The molecule has 9 nitrogen and oxygen atoms in total. The molecule has 0 radical (unpaired) electrons. The Labute approximate surface area is 271 Å². The first-order valence-corrected chi connectivity index (χ1v) is 16.9. The number of hydrogen-bond donors (Lipinski definition) is 1. The van der Waals surface area contributed by atoms with Crippen LogP contribution in [0.1, 0.15) is 12.8 Å². The minimum absolute atomic E-state index is 0. The molecular weight excluding hydrogens is 619 g/mol. The molecule has 0 bridgehead atoms. The summed E-state index contributed by atoms with van der Waals surface area (Å²) < 4.78 is 74.0. The van der Waals surface area contributed by atoms with Gasteiger partial charge in [0.25, 0.3) is 6.23 Å². The average Bonchev–Trinajstić information content (AvgIpc) is 3.40. The summed E-state index contributed by atoms with van der Waals surface area (Å²) >= 11 is 7.72. The van der Waals surface area contributed by atoms with Crippen molar-refractivity contribution in [2.75, 3.05) is 29.5 Å². The van der Waals surface area contributed by atoms with Gasteiger partial charge >= 0.3 is 29.6 Å². The predicted octanol–water partition coefficient (Wildman–Crippen LogP) is 0.570. The van der Waals surface area contributed by atoms with Crippen LogP contribution in [0.15, 0.2) is 82.7 Å². The van der Waals surface area contributed by atoms with Crippen LogP contribution in [-0.2, 0) is 20.2 Å². The number of nitrogens with one attached hydrogen (secondary N) is 1. The Morgan fingerprint density at radius 2 is 1.63 bits per heavy atom. The quantitative estimate of drug-likeness (QED) is 0.249. The van der Waals surface area contributed by atoms with E-state index < -0.39 is 38.0 Å². The van der Waals surface area contributed by atoms with E-state index in [-0.39, 0.29) is 48.9 Å². The average molecular weight is 645 g/mol. The Morgan fingerprint density at radius 1 is 0.927 bits per heavy atom. The second-order valence-corrected chi connectivity index (χ2v) is 14.0. The van der Waals surface area contributed by atoms with E-state index in [0.717, 1.165) is 37.3 Å². The minimum Gasteiger partial charge on any atom is -0.748 e. The van der Waals surface area contributed by atoms with Gasteiger partial charge in [-0.25, -0.2) is 16.8 Å². The number of benzene rings is 3. The first-order valence-electron chi connectivity index (χ1n) is 12.5. The van der Waals surface area contributed by atoms with Gasteiger partial charge in [0.15, 0.2) is 11.4 Å². The molecule has 3 aromatic rings. The summed E-state index contributed by atoms with van der Waals surface area (Å²) in [5.74, 6) is -0.331. The fraction of sp³-hybridized carbons (Fsp3) is 0.259. The summed E-state index contributed by atoms with van der Waals surface area (Å²) in [6.07, 6.45) is 1.63. The maximum Gasteiger partial charge on any atom is 1.00 e. The third-order valence-corrected chi connectivity index (χ3v) is 9.58. The maximum atomic E-state index is 11.3. The van der Waals surface area contributed by atoms with Gasteiger partial charge in [-0.2, -0.15) is 0 Å². The SMILES string of the molecule is O=S(=O)([O-])CCCN1C(=CC2Oc3ccc(-c4ccccc4)cc3[NH+]2CCCS(=O)(=O)[O-])Sc2ccc(Cl)cc21.[Na+]. The van der Waals surface area contributed by atoms with Crippen LogP contribution in [0.5, 0.6) is 5.75 Å². The van der Waals surface area contributed by atoms with Gasteiger partial charge in [-0.1, -0.05) is 59.8 Å². The standard InChI is InChI=1S/C27H27ClN2O7S3.Na/c28-21-9-11-25-23(17-21)30(13-5-15-40(34,35)36)27(38-25)18-26-29(12-4-14-39(31,32)33)22-16-20(8-10-24(22)37-26)19-6-2-1-3-7-19;/h1-3,6-11,16-18,26H,4-5,12-15H2,(H,31,32,33)(H,34,35,36);/q;+1/p-1. The summed E-state index contributed by atoms with van der Waals surface area (Å²) in [7, 11) is -8.74. The second-order valence-electron chi connectivity index (χ2n) is 9.49. The molecule has 2 heterocycles. The van der Waals surface area contributed by atoms with Crippen molar-refractivity contribution in [2.45, 2.75) is 24.0 Å². The third-order valence-electron chi connectivity index (χ3n) is 6.63. The van der Waals surface area contributed by atoms with Gasteiger partial charge in [0.05, 0.1) is 37.5 Å². The van der Waals surface area contributed by atoms with Gasteiger partial charge in [-0.05, 0) is 41.8 Å². The number of hydrogen-bond acceptors (Lipinski definition) is 9. The second kappa shape index (κ2) is 13.4. The van der Waals surface area contributed by atoms with Crippen LogP contribution in [0.3, 0.4) is 0 Å². The summed E-state index contributed by atoms with van der Waals surface area (Å²) in [5.41, 5.74) is 3.64. The van der Waals surface area contributed by atoms with E-state index in [1.165, 1.54) is 11.8 Å². The molecule has 0 saturated heterocycles.